The molecule has 118 valence electrons. The van der Waals surface area contributed by atoms with Crippen molar-refractivity contribution in [2.45, 2.75) is 6.54 Å². The van der Waals surface area contributed by atoms with Crippen LogP contribution in [0.25, 0.3) is 0 Å². The normalized spacial score (nSPS) is 12.8. The maximum Gasteiger partial charge on any atom is 0.296 e. The highest BCUT2D eigenvalue weighted by Gasteiger charge is 2.23. The number of nitro groups is 1. The number of amides is 1. The first-order valence-electron chi connectivity index (χ1n) is 6.76. The maximum atomic E-state index is 12.9. The standard InChI is InChI=1S/C15H12FN3O4/c16-10-3-1-9(2-4-10)7-17-11-5-12-14(6-13(11)19(21)22)23-8-15(20)18-12/h1-6,17H,7-8H2,(H,18,20). The molecule has 0 spiro atoms. The molecule has 0 saturated heterocycles. The lowest BCUT2D eigenvalue weighted by Gasteiger charge is -2.19. The van der Waals surface area contributed by atoms with Gasteiger partial charge in [-0.05, 0) is 23.8 Å². The van der Waals surface area contributed by atoms with Gasteiger partial charge in [0.2, 0.25) is 0 Å². The zero-order chi connectivity index (χ0) is 16.4. The number of nitrogens with zero attached hydrogens (tertiary/aromatic N) is 1. The predicted molar refractivity (Wildman–Crippen MR) is 80.9 cm³/mol. The van der Waals surface area contributed by atoms with Crippen LogP contribution in [-0.4, -0.2) is 17.4 Å². The molecule has 7 nitrogen and oxygen atoms in total. The van der Waals surface area contributed by atoms with Crippen molar-refractivity contribution in [3.05, 3.63) is 57.9 Å². The van der Waals surface area contributed by atoms with Crippen LogP contribution in [0.15, 0.2) is 36.4 Å². The molecule has 1 amide bonds. The minimum atomic E-state index is -0.535. The number of benzene rings is 2. The lowest BCUT2D eigenvalue weighted by molar-refractivity contribution is -0.384. The monoisotopic (exact) mass is 317 g/mol. The van der Waals surface area contributed by atoms with Crippen LogP contribution in [0.3, 0.4) is 0 Å². The lowest BCUT2D eigenvalue weighted by atomic mass is 10.1. The van der Waals surface area contributed by atoms with E-state index in [4.69, 9.17) is 4.74 Å². The minimum absolute atomic E-state index is 0.165. The summed E-state index contributed by atoms with van der Waals surface area (Å²) in [6, 6.07) is 8.50. The van der Waals surface area contributed by atoms with Crippen molar-refractivity contribution in [2.24, 2.45) is 0 Å². The number of carbonyl (C=O) groups excluding carboxylic acids is 1. The van der Waals surface area contributed by atoms with E-state index in [1.165, 1.54) is 24.3 Å². The van der Waals surface area contributed by atoms with E-state index < -0.39 is 4.92 Å². The second-order valence-corrected chi connectivity index (χ2v) is 4.94. The summed E-state index contributed by atoms with van der Waals surface area (Å²) < 4.78 is 18.1. The number of ether oxygens (including phenoxy) is 1. The zero-order valence-electron chi connectivity index (χ0n) is 11.8. The SMILES string of the molecule is O=C1COc2cc([N+](=O)[O-])c(NCc3ccc(F)cc3)cc2N1. The molecule has 2 aromatic rings. The van der Waals surface area contributed by atoms with E-state index in [-0.39, 0.29) is 42.0 Å². The summed E-state index contributed by atoms with van der Waals surface area (Å²) in [7, 11) is 0. The van der Waals surface area contributed by atoms with E-state index in [0.29, 0.717) is 5.69 Å². The average molecular weight is 317 g/mol. The highest BCUT2D eigenvalue weighted by atomic mass is 19.1. The first-order chi connectivity index (χ1) is 11.0. The first-order valence-corrected chi connectivity index (χ1v) is 6.76. The van der Waals surface area contributed by atoms with Gasteiger partial charge in [0, 0.05) is 6.54 Å². The second kappa shape index (κ2) is 5.91. The van der Waals surface area contributed by atoms with Crippen LogP contribution >= 0.6 is 0 Å². The molecule has 8 heteroatoms. The number of halogens is 1. The van der Waals surface area contributed by atoms with Gasteiger partial charge in [-0.25, -0.2) is 4.39 Å². The summed E-state index contributed by atoms with van der Waals surface area (Å²) in [4.78, 5) is 22.0. The van der Waals surface area contributed by atoms with Crippen molar-refractivity contribution in [3.63, 3.8) is 0 Å². The van der Waals surface area contributed by atoms with Crippen LogP contribution in [0.1, 0.15) is 5.56 Å². The van der Waals surface area contributed by atoms with Gasteiger partial charge < -0.3 is 15.4 Å². The Morgan fingerprint density at radius 2 is 2.04 bits per heavy atom. The fraction of sp³-hybridized carbons (Fsp3) is 0.133. The van der Waals surface area contributed by atoms with E-state index in [0.717, 1.165) is 5.56 Å². The molecule has 1 heterocycles. The van der Waals surface area contributed by atoms with Crippen LogP contribution < -0.4 is 15.4 Å². The van der Waals surface area contributed by atoms with Gasteiger partial charge in [0.1, 0.15) is 11.5 Å². The van der Waals surface area contributed by atoms with Gasteiger partial charge in [0.25, 0.3) is 11.6 Å². The smallest absolute Gasteiger partial charge is 0.296 e. The predicted octanol–water partition coefficient (Wildman–Crippen LogP) is 2.68. The summed E-state index contributed by atoms with van der Waals surface area (Å²) >= 11 is 0. The highest BCUT2D eigenvalue weighted by molar-refractivity contribution is 5.96. The number of hydrogen-bond donors (Lipinski definition) is 2. The Labute approximate surface area is 130 Å². The molecule has 23 heavy (non-hydrogen) atoms. The summed E-state index contributed by atoms with van der Waals surface area (Å²) in [5, 5.41) is 16.7. The van der Waals surface area contributed by atoms with Crippen molar-refractivity contribution in [2.75, 3.05) is 17.2 Å². The molecule has 0 radical (unpaired) electrons. The van der Waals surface area contributed by atoms with E-state index in [1.54, 1.807) is 12.1 Å². The van der Waals surface area contributed by atoms with Crippen LogP contribution in [0.4, 0.5) is 21.5 Å². The Kier molecular flexibility index (Phi) is 3.80. The van der Waals surface area contributed by atoms with Crippen molar-refractivity contribution in [3.8, 4) is 5.75 Å². The molecule has 0 fully saturated rings. The number of nitro benzene ring substituents is 1. The maximum absolute atomic E-state index is 12.9. The summed E-state index contributed by atoms with van der Waals surface area (Å²) in [5.41, 5.74) is 1.21. The van der Waals surface area contributed by atoms with Gasteiger partial charge in [0.05, 0.1) is 16.7 Å². The molecular weight excluding hydrogens is 305 g/mol. The minimum Gasteiger partial charge on any atom is -0.481 e. The van der Waals surface area contributed by atoms with Crippen molar-refractivity contribution < 1.29 is 18.8 Å². The number of rotatable bonds is 4. The molecule has 1 aliphatic heterocycles. The second-order valence-electron chi connectivity index (χ2n) is 4.94. The van der Waals surface area contributed by atoms with Crippen LogP contribution in [0, 0.1) is 15.9 Å². The van der Waals surface area contributed by atoms with E-state index in [2.05, 4.69) is 10.6 Å². The summed E-state index contributed by atoms with van der Waals surface area (Å²) in [5.74, 6) is -0.423. The summed E-state index contributed by atoms with van der Waals surface area (Å²) in [6.07, 6.45) is 0. The van der Waals surface area contributed by atoms with E-state index >= 15 is 0 Å². The van der Waals surface area contributed by atoms with Crippen LogP contribution in [-0.2, 0) is 11.3 Å². The third-order valence-corrected chi connectivity index (χ3v) is 3.32. The van der Waals surface area contributed by atoms with Crippen molar-refractivity contribution in [1.82, 2.24) is 0 Å². The third-order valence-electron chi connectivity index (χ3n) is 3.32. The number of hydrogen-bond acceptors (Lipinski definition) is 5. The van der Waals surface area contributed by atoms with Gasteiger partial charge >= 0.3 is 0 Å². The van der Waals surface area contributed by atoms with Crippen LogP contribution in [0.2, 0.25) is 0 Å². The fourth-order valence-corrected chi connectivity index (χ4v) is 2.21. The summed E-state index contributed by atoms with van der Waals surface area (Å²) in [6.45, 7) is 0.0984. The van der Waals surface area contributed by atoms with Crippen molar-refractivity contribution >= 4 is 23.0 Å². The van der Waals surface area contributed by atoms with Gasteiger partial charge in [0.15, 0.2) is 12.4 Å². The van der Waals surface area contributed by atoms with Gasteiger partial charge in [-0.15, -0.1) is 0 Å². The topological polar surface area (TPSA) is 93.5 Å². The third kappa shape index (κ3) is 3.20. The molecule has 2 aromatic carbocycles. The van der Waals surface area contributed by atoms with E-state index in [1.807, 2.05) is 0 Å². The highest BCUT2D eigenvalue weighted by Crippen LogP contribution is 2.37. The number of carbonyl (C=O) groups is 1. The zero-order valence-corrected chi connectivity index (χ0v) is 11.8. The first kappa shape index (κ1) is 14.8. The van der Waals surface area contributed by atoms with Gasteiger partial charge in [-0.2, -0.15) is 0 Å². The van der Waals surface area contributed by atoms with Gasteiger partial charge in [-0.1, -0.05) is 12.1 Å². The molecule has 0 unspecified atom stereocenters. The van der Waals surface area contributed by atoms with Gasteiger partial charge in [-0.3, -0.25) is 14.9 Å². The molecule has 1 aliphatic rings. The Balaban J connectivity index is 1.87. The van der Waals surface area contributed by atoms with Crippen molar-refractivity contribution in [1.29, 1.82) is 0 Å². The Morgan fingerprint density at radius 1 is 1.30 bits per heavy atom. The molecule has 2 N–H and O–H groups in total. The van der Waals surface area contributed by atoms with E-state index in [9.17, 15) is 19.3 Å². The van der Waals surface area contributed by atoms with Crippen LogP contribution in [0.5, 0.6) is 5.75 Å². The number of nitrogens with one attached hydrogen (secondary N) is 2. The fourth-order valence-electron chi connectivity index (χ4n) is 2.21. The Hall–Kier alpha value is -3.16. The Bertz CT molecular complexity index is 777. The quantitative estimate of drug-likeness (QED) is 0.668. The lowest BCUT2D eigenvalue weighted by Crippen LogP contribution is -2.25. The largest absolute Gasteiger partial charge is 0.481 e. The number of anilines is 2. The molecule has 0 aromatic heterocycles. The molecule has 0 aliphatic carbocycles. The number of fused-ring (bicyclic) bond motifs is 1. The molecule has 3 rings (SSSR count). The molecule has 0 atom stereocenters. The molecule has 0 bridgehead atoms. The Morgan fingerprint density at radius 3 is 2.74 bits per heavy atom. The molecule has 0 saturated carbocycles. The average Bonchev–Trinajstić information content (AvgIpc) is 2.53. The molecular formula is C15H12FN3O4.